The Balaban J connectivity index is 2.46. The molecule has 3 unspecified atom stereocenters. The van der Waals surface area contributed by atoms with Gasteiger partial charge in [-0.3, -0.25) is 4.79 Å². The third-order valence-corrected chi connectivity index (χ3v) is 4.08. The largest absolute Gasteiger partial charge is 0.299 e. The predicted octanol–water partition coefficient (Wildman–Crippen LogP) is 2.40. The summed E-state index contributed by atoms with van der Waals surface area (Å²) in [5, 5.41) is 0. The minimum Gasteiger partial charge on any atom is -0.299 e. The van der Waals surface area contributed by atoms with Crippen LogP contribution in [0.2, 0.25) is 0 Å². The highest BCUT2D eigenvalue weighted by atomic mass is 16.1. The molecule has 2 rings (SSSR count). The van der Waals surface area contributed by atoms with E-state index in [0.29, 0.717) is 12.3 Å². The van der Waals surface area contributed by atoms with Gasteiger partial charge in [-0.2, -0.15) is 0 Å². The van der Waals surface area contributed by atoms with E-state index in [1.165, 1.54) is 0 Å². The van der Waals surface area contributed by atoms with Crippen molar-refractivity contribution in [3.8, 4) is 0 Å². The molecule has 0 saturated heterocycles. The van der Waals surface area contributed by atoms with Gasteiger partial charge in [-0.25, -0.2) is 0 Å². The van der Waals surface area contributed by atoms with E-state index in [-0.39, 0.29) is 16.6 Å². The van der Waals surface area contributed by atoms with Crippen LogP contribution in [0, 0.1) is 16.7 Å². The maximum atomic E-state index is 11.7. The minimum atomic E-state index is -0.864. The summed E-state index contributed by atoms with van der Waals surface area (Å²) in [5.41, 5.74) is -0.754. The van der Waals surface area contributed by atoms with Gasteiger partial charge in [0.1, 0.15) is 5.78 Å². The lowest BCUT2D eigenvalue weighted by molar-refractivity contribution is -0.128. The van der Waals surface area contributed by atoms with Crippen LogP contribution in [0.15, 0.2) is 0 Å². The van der Waals surface area contributed by atoms with Crippen LogP contribution >= 0.6 is 0 Å². The molecule has 2 saturated carbocycles. The minimum absolute atomic E-state index is 0.288. The second-order valence-corrected chi connectivity index (χ2v) is 4.48. The third kappa shape index (κ3) is 0.605. The first-order chi connectivity index (χ1) is 5.93. The van der Waals surface area contributed by atoms with Gasteiger partial charge >= 0.3 is 0 Å². The number of carbonyl (C=O) groups excluding carboxylic acids is 1. The Kier molecular flexibility index (Phi) is 0.826. The fourth-order valence-corrected chi connectivity index (χ4v) is 2.69. The van der Waals surface area contributed by atoms with E-state index in [9.17, 15) is 4.79 Å². The van der Waals surface area contributed by atoms with Crippen molar-refractivity contribution >= 4 is 5.78 Å². The summed E-state index contributed by atoms with van der Waals surface area (Å²) in [7, 11) is 0. The van der Waals surface area contributed by atoms with Crippen LogP contribution in [0.5, 0.6) is 0 Å². The van der Waals surface area contributed by atoms with Crippen molar-refractivity contribution in [3.63, 3.8) is 0 Å². The molecule has 0 aliphatic heterocycles. The summed E-state index contributed by atoms with van der Waals surface area (Å²) in [5.74, 6) is 0.584. The molecule has 0 amide bonds. The zero-order chi connectivity index (χ0) is 9.85. The molecule has 11 heavy (non-hydrogen) atoms. The van der Waals surface area contributed by atoms with E-state index in [1.807, 2.05) is 13.8 Å². The molecular formula is C10H16O. The van der Waals surface area contributed by atoms with Crippen molar-refractivity contribution < 1.29 is 7.54 Å². The molecule has 0 aromatic rings. The maximum absolute atomic E-state index is 11.7. The highest BCUT2D eigenvalue weighted by Crippen LogP contribution is 2.63. The van der Waals surface area contributed by atoms with Crippen molar-refractivity contribution in [2.75, 3.05) is 0 Å². The summed E-state index contributed by atoms with van der Waals surface area (Å²) in [6.07, 6.45) is 2.54. The molecule has 2 aliphatic carbocycles. The van der Waals surface area contributed by atoms with Crippen molar-refractivity contribution in [3.05, 3.63) is 0 Å². The van der Waals surface area contributed by atoms with E-state index in [2.05, 4.69) is 0 Å². The highest BCUT2D eigenvalue weighted by Gasteiger charge is 2.61. The summed E-state index contributed by atoms with van der Waals surface area (Å²) in [4.78, 5) is 11.7. The topological polar surface area (TPSA) is 17.1 Å². The van der Waals surface area contributed by atoms with Crippen LogP contribution in [-0.2, 0) is 4.79 Å². The van der Waals surface area contributed by atoms with Gasteiger partial charge in [0.15, 0.2) is 0 Å². The highest BCUT2D eigenvalue weighted by molar-refractivity contribution is 5.89. The van der Waals surface area contributed by atoms with Gasteiger partial charge in [0.05, 0.1) is 0 Å². The lowest BCUT2D eigenvalue weighted by Crippen LogP contribution is -2.32. The lowest BCUT2D eigenvalue weighted by Gasteiger charge is -2.32. The predicted molar refractivity (Wildman–Crippen MR) is 44.2 cm³/mol. The van der Waals surface area contributed by atoms with Crippen molar-refractivity contribution in [1.29, 1.82) is 0 Å². The monoisotopic (exact) mass is 154 g/mol. The SMILES string of the molecule is [2H]C([2H])C1(C)C2CCC1(C)C(=O)C2. The van der Waals surface area contributed by atoms with Crippen LogP contribution < -0.4 is 0 Å². The van der Waals surface area contributed by atoms with E-state index in [0.717, 1.165) is 12.8 Å². The number of hydrogen-bond donors (Lipinski definition) is 0. The van der Waals surface area contributed by atoms with Crippen LogP contribution in [0.3, 0.4) is 0 Å². The number of fused-ring (bicyclic) bond motifs is 2. The molecule has 0 N–H and O–H groups in total. The Bertz CT molecular complexity index is 264. The summed E-state index contributed by atoms with van der Waals surface area (Å²) in [6.45, 7) is 3.05. The molecule has 0 aromatic carbocycles. The van der Waals surface area contributed by atoms with E-state index < -0.39 is 6.88 Å². The van der Waals surface area contributed by atoms with Gasteiger partial charge in [0.2, 0.25) is 0 Å². The van der Waals surface area contributed by atoms with Gasteiger partial charge in [-0.1, -0.05) is 20.7 Å². The number of ketones is 1. The average Bonchev–Trinajstić information content (AvgIpc) is 2.40. The van der Waals surface area contributed by atoms with Crippen LogP contribution in [0.4, 0.5) is 0 Å². The van der Waals surface area contributed by atoms with Crippen LogP contribution in [0.25, 0.3) is 0 Å². The third-order valence-electron chi connectivity index (χ3n) is 4.08. The Hall–Kier alpha value is -0.330. The van der Waals surface area contributed by atoms with E-state index in [1.54, 1.807) is 0 Å². The van der Waals surface area contributed by atoms with Crippen LogP contribution in [0.1, 0.15) is 42.7 Å². The van der Waals surface area contributed by atoms with Gasteiger partial charge in [0.25, 0.3) is 0 Å². The first-order valence-electron chi connectivity index (χ1n) is 5.46. The average molecular weight is 154 g/mol. The zero-order valence-electron chi connectivity index (χ0n) is 9.18. The quantitative estimate of drug-likeness (QED) is 0.523. The normalized spacial score (nSPS) is 58.5. The standard InChI is InChI=1S/C10H16O/c1-9(2)7-4-5-10(9,3)8(11)6-7/h7H,4-6H2,1-3H3/i1D2. The molecule has 0 radical (unpaired) electrons. The second kappa shape index (κ2) is 1.70. The molecule has 0 aromatic heterocycles. The maximum Gasteiger partial charge on any atom is 0.139 e. The van der Waals surface area contributed by atoms with Gasteiger partial charge in [-0.05, 0) is 24.2 Å². The molecule has 3 atom stereocenters. The van der Waals surface area contributed by atoms with E-state index >= 15 is 0 Å². The molecule has 1 nitrogen and oxygen atoms in total. The number of carbonyl (C=O) groups is 1. The van der Waals surface area contributed by atoms with Crippen molar-refractivity contribution in [1.82, 2.24) is 0 Å². The van der Waals surface area contributed by atoms with Gasteiger partial charge < -0.3 is 0 Å². The molecule has 0 heterocycles. The number of rotatable bonds is 0. The summed E-state index contributed by atoms with van der Waals surface area (Å²) >= 11 is 0. The first kappa shape index (κ1) is 5.34. The Morgan fingerprint density at radius 3 is 2.64 bits per heavy atom. The lowest BCUT2D eigenvalue weighted by atomic mass is 9.70. The summed E-state index contributed by atoms with van der Waals surface area (Å²) < 4.78 is 15.2. The Labute approximate surface area is 71.0 Å². The second-order valence-electron chi connectivity index (χ2n) is 4.48. The molecule has 62 valence electrons. The zero-order valence-corrected chi connectivity index (χ0v) is 7.18. The smallest absolute Gasteiger partial charge is 0.139 e. The van der Waals surface area contributed by atoms with Gasteiger partial charge in [0, 0.05) is 14.6 Å². The summed E-state index contributed by atoms with van der Waals surface area (Å²) in [6, 6.07) is 0. The fourth-order valence-electron chi connectivity index (χ4n) is 2.69. The molecule has 2 aliphatic rings. The van der Waals surface area contributed by atoms with Crippen LogP contribution in [-0.4, -0.2) is 5.78 Å². The molecule has 0 spiro atoms. The molecular weight excluding hydrogens is 136 g/mol. The Morgan fingerprint density at radius 1 is 1.64 bits per heavy atom. The molecule has 2 fully saturated rings. The molecule has 1 heteroatoms. The van der Waals surface area contributed by atoms with Gasteiger partial charge in [-0.15, -0.1) is 0 Å². The number of Topliss-reactive ketones (excluding diaryl/α,β-unsaturated/α-hetero) is 1. The number of hydrogen-bond acceptors (Lipinski definition) is 1. The Morgan fingerprint density at radius 2 is 2.36 bits per heavy atom. The first-order valence-corrected chi connectivity index (χ1v) is 4.31. The van der Waals surface area contributed by atoms with Crippen molar-refractivity contribution in [2.45, 2.75) is 40.0 Å². The van der Waals surface area contributed by atoms with E-state index in [4.69, 9.17) is 2.74 Å². The van der Waals surface area contributed by atoms with Crippen molar-refractivity contribution in [2.24, 2.45) is 16.7 Å². The molecule has 2 bridgehead atoms. The fraction of sp³-hybridized carbons (Fsp3) is 0.900.